The molecule has 0 aromatic heterocycles. The van der Waals surface area contributed by atoms with E-state index < -0.39 is 0 Å². The van der Waals surface area contributed by atoms with Gasteiger partial charge in [-0.2, -0.15) is 0 Å². The minimum Gasteiger partial charge on any atom is -0.508 e. The first-order valence-electron chi connectivity index (χ1n) is 11.1. The topological polar surface area (TPSA) is 61.8 Å². The maximum Gasteiger partial charge on any atom is 0.223 e. The summed E-state index contributed by atoms with van der Waals surface area (Å²) in [6.45, 7) is 3.61. The van der Waals surface area contributed by atoms with Crippen molar-refractivity contribution in [2.24, 2.45) is 17.8 Å². The van der Waals surface area contributed by atoms with E-state index in [1.54, 1.807) is 6.07 Å². The summed E-state index contributed by atoms with van der Waals surface area (Å²) >= 11 is 0. The van der Waals surface area contributed by atoms with Crippen LogP contribution in [0.1, 0.15) is 50.5 Å². The van der Waals surface area contributed by atoms with E-state index in [-0.39, 0.29) is 17.4 Å². The summed E-state index contributed by atoms with van der Waals surface area (Å²) in [5.41, 5.74) is 1.13. The lowest BCUT2D eigenvalue weighted by Crippen LogP contribution is -2.43. The minimum atomic E-state index is -0.0122. The van der Waals surface area contributed by atoms with E-state index in [0.29, 0.717) is 23.7 Å². The highest BCUT2D eigenvalue weighted by atomic mass is 16.5. The molecule has 5 nitrogen and oxygen atoms in total. The second kappa shape index (κ2) is 7.34. The molecule has 1 aliphatic carbocycles. The Morgan fingerprint density at radius 2 is 2.11 bits per heavy atom. The van der Waals surface area contributed by atoms with Gasteiger partial charge in [-0.1, -0.05) is 31.4 Å². The van der Waals surface area contributed by atoms with Crippen LogP contribution in [-0.2, 0) is 16.1 Å². The van der Waals surface area contributed by atoms with Gasteiger partial charge in [0, 0.05) is 43.9 Å². The van der Waals surface area contributed by atoms with Crippen molar-refractivity contribution in [3.05, 3.63) is 29.8 Å². The van der Waals surface area contributed by atoms with E-state index in [0.717, 1.165) is 57.4 Å². The van der Waals surface area contributed by atoms with Crippen LogP contribution in [-0.4, -0.2) is 47.3 Å². The molecule has 28 heavy (non-hydrogen) atoms. The molecular formula is C23H32N2O3. The second-order valence-electron chi connectivity index (χ2n) is 9.45. The molecule has 0 radical (unpaired) electrons. The summed E-state index contributed by atoms with van der Waals surface area (Å²) in [4.78, 5) is 15.1. The summed E-state index contributed by atoms with van der Waals surface area (Å²) in [5.74, 6) is 1.78. The van der Waals surface area contributed by atoms with Crippen molar-refractivity contribution < 1.29 is 14.6 Å². The van der Waals surface area contributed by atoms with Crippen molar-refractivity contribution in [2.75, 3.05) is 19.6 Å². The Labute approximate surface area is 167 Å². The molecule has 3 heterocycles. The predicted octanol–water partition coefficient (Wildman–Crippen LogP) is 3.07. The Morgan fingerprint density at radius 3 is 2.93 bits per heavy atom. The summed E-state index contributed by atoms with van der Waals surface area (Å²) < 4.78 is 6.52. The van der Waals surface area contributed by atoms with Gasteiger partial charge in [-0.05, 0) is 43.4 Å². The quantitative estimate of drug-likeness (QED) is 0.819. The molecule has 1 saturated carbocycles. The zero-order valence-corrected chi connectivity index (χ0v) is 16.6. The lowest BCUT2D eigenvalue weighted by atomic mass is 9.73. The number of benzene rings is 1. The predicted molar refractivity (Wildman–Crippen MR) is 107 cm³/mol. The van der Waals surface area contributed by atoms with Crippen LogP contribution >= 0.6 is 0 Å². The Bertz CT molecular complexity index is 732. The number of likely N-dealkylation sites (tertiary alicyclic amines) is 1. The van der Waals surface area contributed by atoms with Crippen molar-refractivity contribution in [3.63, 3.8) is 0 Å². The van der Waals surface area contributed by atoms with Crippen molar-refractivity contribution in [3.8, 4) is 5.75 Å². The van der Waals surface area contributed by atoms with Crippen LogP contribution < -0.4 is 5.32 Å². The third-order valence-corrected chi connectivity index (χ3v) is 7.66. The minimum absolute atomic E-state index is 0.0122. The molecule has 5 heteroatoms. The van der Waals surface area contributed by atoms with Gasteiger partial charge >= 0.3 is 0 Å². The molecule has 2 bridgehead atoms. The van der Waals surface area contributed by atoms with Crippen molar-refractivity contribution in [1.82, 2.24) is 10.2 Å². The number of ether oxygens (including phenoxy) is 1. The number of nitrogens with zero attached hydrogens (tertiary/aromatic N) is 1. The number of carbonyl (C=O) groups excluding carboxylic acids is 1. The van der Waals surface area contributed by atoms with Crippen LogP contribution in [0.2, 0.25) is 0 Å². The highest BCUT2D eigenvalue weighted by molar-refractivity contribution is 5.78. The van der Waals surface area contributed by atoms with Crippen LogP contribution in [0.3, 0.4) is 0 Å². The van der Waals surface area contributed by atoms with Gasteiger partial charge in [0.1, 0.15) is 5.75 Å². The molecule has 1 aromatic carbocycles. The third kappa shape index (κ3) is 3.33. The maximum absolute atomic E-state index is 12.6. The standard InChI is InChI=1S/C23H32N2O3/c26-18-8-4-5-16(11-18)13-25-14-20-19(21-9-10-23(20,15-25)28-21)12-24-22(27)17-6-2-1-3-7-17/h4-5,8,11,17,19-21,26H,1-3,6-7,9-10,12-15H2,(H,24,27)/t19-,20+,21+,23+/m0/s1. The van der Waals surface area contributed by atoms with Gasteiger partial charge in [-0.25, -0.2) is 0 Å². The lowest BCUT2D eigenvalue weighted by Gasteiger charge is -2.30. The van der Waals surface area contributed by atoms with Crippen LogP contribution in [0.25, 0.3) is 0 Å². The Hall–Kier alpha value is -1.59. The van der Waals surface area contributed by atoms with Gasteiger partial charge in [0.05, 0.1) is 11.7 Å². The highest BCUT2D eigenvalue weighted by Gasteiger charge is 2.62. The molecule has 3 aliphatic heterocycles. The van der Waals surface area contributed by atoms with Gasteiger partial charge in [-0.15, -0.1) is 0 Å². The summed E-state index contributed by atoms with van der Waals surface area (Å²) in [6.07, 6.45) is 8.38. The number of hydrogen-bond donors (Lipinski definition) is 2. The van der Waals surface area contributed by atoms with Gasteiger partial charge in [0.25, 0.3) is 0 Å². The molecule has 1 aromatic rings. The first-order valence-corrected chi connectivity index (χ1v) is 11.1. The molecule has 4 atom stereocenters. The van der Waals surface area contributed by atoms with Crippen LogP contribution in [0.4, 0.5) is 0 Å². The Morgan fingerprint density at radius 1 is 1.25 bits per heavy atom. The number of rotatable bonds is 5. The number of amides is 1. The number of phenolic OH excluding ortho intramolecular Hbond substituents is 1. The molecule has 0 unspecified atom stereocenters. The molecule has 5 rings (SSSR count). The highest BCUT2D eigenvalue weighted by Crippen LogP contribution is 2.54. The summed E-state index contributed by atoms with van der Waals surface area (Å²) in [7, 11) is 0. The molecule has 4 aliphatic rings. The van der Waals surface area contributed by atoms with Crippen molar-refractivity contribution >= 4 is 5.91 Å². The van der Waals surface area contributed by atoms with Gasteiger partial charge < -0.3 is 15.2 Å². The fraction of sp³-hybridized carbons (Fsp3) is 0.696. The number of phenols is 1. The molecule has 2 N–H and O–H groups in total. The smallest absolute Gasteiger partial charge is 0.223 e. The molecule has 152 valence electrons. The summed E-state index contributed by atoms with van der Waals surface area (Å²) in [5, 5.41) is 13.0. The van der Waals surface area contributed by atoms with E-state index in [4.69, 9.17) is 4.74 Å². The van der Waals surface area contributed by atoms with E-state index in [1.165, 1.54) is 19.3 Å². The van der Waals surface area contributed by atoms with Crippen LogP contribution in [0, 0.1) is 17.8 Å². The number of aromatic hydroxyl groups is 1. The maximum atomic E-state index is 12.6. The number of nitrogens with one attached hydrogen (secondary N) is 1. The number of hydrogen-bond acceptors (Lipinski definition) is 4. The lowest BCUT2D eigenvalue weighted by molar-refractivity contribution is -0.126. The largest absolute Gasteiger partial charge is 0.508 e. The van der Waals surface area contributed by atoms with Crippen molar-refractivity contribution in [1.29, 1.82) is 0 Å². The monoisotopic (exact) mass is 384 g/mol. The van der Waals surface area contributed by atoms with E-state index in [2.05, 4.69) is 16.3 Å². The third-order valence-electron chi connectivity index (χ3n) is 7.66. The molecule has 4 fully saturated rings. The van der Waals surface area contributed by atoms with E-state index in [1.807, 2.05) is 12.1 Å². The zero-order chi connectivity index (χ0) is 19.1. The molecular weight excluding hydrogens is 352 g/mol. The normalized spacial score (nSPS) is 35.2. The van der Waals surface area contributed by atoms with Gasteiger partial charge in [0.15, 0.2) is 0 Å². The average Bonchev–Trinajstić information content (AvgIpc) is 3.35. The molecule has 3 saturated heterocycles. The van der Waals surface area contributed by atoms with Gasteiger partial charge in [-0.3, -0.25) is 9.69 Å². The Kier molecular flexibility index (Phi) is 4.84. The molecule has 1 spiro atoms. The first kappa shape index (κ1) is 18.4. The van der Waals surface area contributed by atoms with E-state index in [9.17, 15) is 9.90 Å². The zero-order valence-electron chi connectivity index (χ0n) is 16.6. The fourth-order valence-electron chi connectivity index (χ4n) is 6.32. The second-order valence-corrected chi connectivity index (χ2v) is 9.45. The first-order chi connectivity index (χ1) is 13.6. The van der Waals surface area contributed by atoms with Crippen LogP contribution in [0.15, 0.2) is 24.3 Å². The van der Waals surface area contributed by atoms with E-state index >= 15 is 0 Å². The number of fused-ring (bicyclic) bond motifs is 1. The number of carbonyl (C=O) groups is 1. The fourth-order valence-corrected chi connectivity index (χ4v) is 6.32. The van der Waals surface area contributed by atoms with Gasteiger partial charge in [0.2, 0.25) is 5.91 Å². The average molecular weight is 385 g/mol. The van der Waals surface area contributed by atoms with Crippen LogP contribution in [0.5, 0.6) is 5.75 Å². The Balaban J connectivity index is 1.21. The van der Waals surface area contributed by atoms with Crippen molar-refractivity contribution in [2.45, 2.75) is 63.2 Å². The SMILES string of the molecule is O=C(NC[C@H]1[C@H]2CN(Cc3cccc(O)c3)C[C@]23CC[C@H]1O3)C1CCCCC1. The summed E-state index contributed by atoms with van der Waals surface area (Å²) in [6, 6.07) is 7.56. The molecule has 1 amide bonds.